The third kappa shape index (κ3) is 2.45. The van der Waals surface area contributed by atoms with E-state index in [1.54, 1.807) is 0 Å². The van der Waals surface area contributed by atoms with E-state index in [4.69, 9.17) is 14.2 Å². The maximum Gasteiger partial charge on any atom is 0.302 e. The zero-order valence-corrected chi connectivity index (χ0v) is 9.04. The van der Waals surface area contributed by atoms with E-state index in [2.05, 4.69) is 6.92 Å². The molecule has 1 rings (SSSR count). The summed E-state index contributed by atoms with van der Waals surface area (Å²) in [6, 6.07) is 0. The first-order valence-corrected chi connectivity index (χ1v) is 4.99. The van der Waals surface area contributed by atoms with Crippen LogP contribution < -0.4 is 0 Å². The minimum atomic E-state index is -0.267. The zero-order valence-electron chi connectivity index (χ0n) is 9.04. The molecule has 4 heteroatoms. The highest BCUT2D eigenvalue weighted by atomic mass is 16.6. The van der Waals surface area contributed by atoms with E-state index >= 15 is 0 Å². The molecule has 0 aliphatic carbocycles. The molecule has 0 N–H and O–H groups in total. The zero-order chi connectivity index (χ0) is 10.6. The van der Waals surface area contributed by atoms with E-state index in [1.807, 2.05) is 6.92 Å². The van der Waals surface area contributed by atoms with Crippen molar-refractivity contribution in [3.63, 3.8) is 0 Å². The summed E-state index contributed by atoms with van der Waals surface area (Å²) in [5.41, 5.74) is -0.153. The van der Waals surface area contributed by atoms with Crippen molar-refractivity contribution in [3.8, 4) is 0 Å². The second-order valence-electron chi connectivity index (χ2n) is 3.56. The average molecular weight is 202 g/mol. The summed E-state index contributed by atoms with van der Waals surface area (Å²) in [5.74, 6) is -0.267. The summed E-state index contributed by atoms with van der Waals surface area (Å²) >= 11 is 0. The van der Waals surface area contributed by atoms with Crippen LogP contribution in [0.5, 0.6) is 0 Å². The van der Waals surface area contributed by atoms with E-state index in [0.717, 1.165) is 6.42 Å². The predicted octanol–water partition coefficient (Wildman–Crippen LogP) is 1.13. The molecule has 1 aliphatic rings. The number of carbonyl (C=O) groups is 1. The van der Waals surface area contributed by atoms with E-state index in [9.17, 15) is 4.79 Å². The molecular weight excluding hydrogens is 184 g/mol. The van der Waals surface area contributed by atoms with Crippen LogP contribution in [-0.2, 0) is 19.0 Å². The van der Waals surface area contributed by atoms with Crippen LogP contribution in [0.2, 0.25) is 0 Å². The van der Waals surface area contributed by atoms with Gasteiger partial charge in [0.1, 0.15) is 12.2 Å². The summed E-state index contributed by atoms with van der Waals surface area (Å²) < 4.78 is 15.7. The van der Waals surface area contributed by atoms with Crippen LogP contribution in [0.25, 0.3) is 0 Å². The predicted molar refractivity (Wildman–Crippen MR) is 51.0 cm³/mol. The SMILES string of the molecule is CCC1(OCCOC(C)=O)COC1C. The fourth-order valence-electron chi connectivity index (χ4n) is 1.52. The molecule has 0 aromatic rings. The van der Waals surface area contributed by atoms with Crippen molar-refractivity contribution >= 4 is 5.97 Å². The molecule has 0 bridgehead atoms. The van der Waals surface area contributed by atoms with Gasteiger partial charge in [0.05, 0.1) is 19.3 Å². The van der Waals surface area contributed by atoms with E-state index in [1.165, 1.54) is 6.92 Å². The van der Waals surface area contributed by atoms with Crippen LogP contribution in [0.1, 0.15) is 27.2 Å². The lowest BCUT2D eigenvalue weighted by Crippen LogP contribution is -2.58. The molecule has 0 spiro atoms. The van der Waals surface area contributed by atoms with Crippen molar-refractivity contribution in [1.29, 1.82) is 0 Å². The van der Waals surface area contributed by atoms with Gasteiger partial charge in [-0.05, 0) is 13.3 Å². The molecule has 14 heavy (non-hydrogen) atoms. The van der Waals surface area contributed by atoms with Gasteiger partial charge in [-0.15, -0.1) is 0 Å². The Balaban J connectivity index is 2.19. The first kappa shape index (κ1) is 11.5. The minimum Gasteiger partial charge on any atom is -0.463 e. The number of ether oxygens (including phenoxy) is 3. The molecule has 1 heterocycles. The maximum absolute atomic E-state index is 10.5. The molecule has 4 nitrogen and oxygen atoms in total. The minimum absolute atomic E-state index is 0.143. The Morgan fingerprint density at radius 1 is 1.57 bits per heavy atom. The smallest absolute Gasteiger partial charge is 0.302 e. The van der Waals surface area contributed by atoms with Crippen LogP contribution in [0, 0.1) is 0 Å². The second-order valence-corrected chi connectivity index (χ2v) is 3.56. The molecule has 2 unspecified atom stereocenters. The number of hydrogen-bond donors (Lipinski definition) is 0. The average Bonchev–Trinajstić information content (AvgIpc) is 2.15. The molecule has 1 saturated heterocycles. The monoisotopic (exact) mass is 202 g/mol. The van der Waals surface area contributed by atoms with Gasteiger partial charge < -0.3 is 14.2 Å². The molecule has 1 aliphatic heterocycles. The Morgan fingerprint density at radius 2 is 2.29 bits per heavy atom. The topological polar surface area (TPSA) is 44.8 Å². The third-order valence-corrected chi connectivity index (χ3v) is 2.70. The molecule has 0 aromatic heterocycles. The highest BCUT2D eigenvalue weighted by Crippen LogP contribution is 2.32. The Morgan fingerprint density at radius 3 is 2.64 bits per heavy atom. The summed E-state index contributed by atoms with van der Waals surface area (Å²) in [5, 5.41) is 0. The van der Waals surface area contributed by atoms with Crippen molar-refractivity contribution in [2.45, 2.75) is 38.9 Å². The van der Waals surface area contributed by atoms with Gasteiger partial charge in [-0.25, -0.2) is 0 Å². The standard InChI is InChI=1S/C10H18O4/c1-4-10(7-13-8(10)2)14-6-5-12-9(3)11/h8H,4-7H2,1-3H3. The first-order valence-electron chi connectivity index (χ1n) is 4.99. The summed E-state index contributed by atoms with van der Waals surface area (Å²) in [6.07, 6.45) is 1.07. The highest BCUT2D eigenvalue weighted by molar-refractivity contribution is 5.65. The second kappa shape index (κ2) is 4.75. The summed E-state index contributed by atoms with van der Waals surface area (Å²) in [6.45, 7) is 6.88. The Labute approximate surface area is 84.5 Å². The quantitative estimate of drug-likeness (QED) is 0.495. The van der Waals surface area contributed by atoms with E-state index in [-0.39, 0.29) is 17.7 Å². The van der Waals surface area contributed by atoms with Crippen LogP contribution >= 0.6 is 0 Å². The van der Waals surface area contributed by atoms with Crippen molar-refractivity contribution in [3.05, 3.63) is 0 Å². The van der Waals surface area contributed by atoms with Gasteiger partial charge in [-0.2, -0.15) is 0 Å². The first-order chi connectivity index (χ1) is 6.60. The highest BCUT2D eigenvalue weighted by Gasteiger charge is 2.45. The van der Waals surface area contributed by atoms with Gasteiger partial charge in [0, 0.05) is 6.92 Å². The van der Waals surface area contributed by atoms with Crippen LogP contribution in [0.4, 0.5) is 0 Å². The molecule has 0 saturated carbocycles. The lowest BCUT2D eigenvalue weighted by atomic mass is 9.90. The molecular formula is C10H18O4. The van der Waals surface area contributed by atoms with Gasteiger partial charge in [-0.1, -0.05) is 6.92 Å². The number of hydrogen-bond acceptors (Lipinski definition) is 4. The van der Waals surface area contributed by atoms with Crippen LogP contribution in [0.15, 0.2) is 0 Å². The Kier molecular flexibility index (Phi) is 3.89. The van der Waals surface area contributed by atoms with Gasteiger partial charge in [-0.3, -0.25) is 4.79 Å². The van der Waals surface area contributed by atoms with Crippen molar-refractivity contribution in [2.24, 2.45) is 0 Å². The van der Waals surface area contributed by atoms with Crippen LogP contribution in [0.3, 0.4) is 0 Å². The molecule has 0 amide bonds. The number of rotatable bonds is 5. The largest absolute Gasteiger partial charge is 0.463 e. The molecule has 0 radical (unpaired) electrons. The summed E-state index contributed by atoms with van der Waals surface area (Å²) in [7, 11) is 0. The third-order valence-electron chi connectivity index (χ3n) is 2.70. The van der Waals surface area contributed by atoms with Gasteiger partial charge in [0.15, 0.2) is 0 Å². The van der Waals surface area contributed by atoms with Crippen LogP contribution in [-0.4, -0.2) is 37.5 Å². The molecule has 0 aromatic carbocycles. The van der Waals surface area contributed by atoms with Gasteiger partial charge in [0.25, 0.3) is 0 Å². The Bertz CT molecular complexity index is 200. The van der Waals surface area contributed by atoms with E-state index < -0.39 is 0 Å². The number of carbonyl (C=O) groups excluding carboxylic acids is 1. The van der Waals surface area contributed by atoms with Crippen molar-refractivity contribution < 1.29 is 19.0 Å². The number of esters is 1. The normalized spacial score (nSPS) is 30.9. The lowest BCUT2D eigenvalue weighted by Gasteiger charge is -2.46. The Hall–Kier alpha value is -0.610. The molecule has 1 fully saturated rings. The lowest BCUT2D eigenvalue weighted by molar-refractivity contribution is -0.258. The summed E-state index contributed by atoms with van der Waals surface area (Å²) in [4.78, 5) is 10.5. The van der Waals surface area contributed by atoms with Crippen molar-refractivity contribution in [1.82, 2.24) is 0 Å². The maximum atomic E-state index is 10.5. The van der Waals surface area contributed by atoms with Gasteiger partial charge in [0.2, 0.25) is 0 Å². The van der Waals surface area contributed by atoms with Crippen molar-refractivity contribution in [2.75, 3.05) is 19.8 Å². The molecule has 2 atom stereocenters. The fourth-order valence-corrected chi connectivity index (χ4v) is 1.52. The molecule has 82 valence electrons. The van der Waals surface area contributed by atoms with Gasteiger partial charge >= 0.3 is 5.97 Å². The fraction of sp³-hybridized carbons (Fsp3) is 0.900. The van der Waals surface area contributed by atoms with E-state index in [0.29, 0.717) is 19.8 Å².